The predicted octanol–water partition coefficient (Wildman–Crippen LogP) is 4.00. The van der Waals surface area contributed by atoms with E-state index in [0.717, 1.165) is 29.1 Å². The van der Waals surface area contributed by atoms with Gasteiger partial charge in [0.1, 0.15) is 11.3 Å². The van der Waals surface area contributed by atoms with Gasteiger partial charge in [0.15, 0.2) is 6.61 Å². The minimum atomic E-state index is -0.658. The molecule has 1 saturated heterocycles. The van der Waals surface area contributed by atoms with Crippen LogP contribution in [0.15, 0.2) is 48.5 Å². The lowest BCUT2D eigenvalue weighted by molar-refractivity contribution is -0.136. The molecule has 2 heterocycles. The zero-order valence-corrected chi connectivity index (χ0v) is 17.6. The third-order valence-corrected chi connectivity index (χ3v) is 6.37. The molecule has 4 rings (SSSR count). The van der Waals surface area contributed by atoms with Gasteiger partial charge in [-0.2, -0.15) is 0 Å². The number of carbonyl (C=O) groups excluding carboxylic acids is 2. The molecule has 0 saturated carbocycles. The summed E-state index contributed by atoms with van der Waals surface area (Å²) in [6.45, 7) is 5.37. The van der Waals surface area contributed by atoms with Crippen LogP contribution in [0.4, 0.5) is 11.4 Å². The molecule has 2 aliphatic rings. The Morgan fingerprint density at radius 3 is 2.50 bits per heavy atom. The Morgan fingerprint density at radius 2 is 1.77 bits per heavy atom. The Bertz CT molecular complexity index is 935. The second-order valence-electron chi connectivity index (χ2n) is 8.22. The van der Waals surface area contributed by atoms with Crippen molar-refractivity contribution in [3.63, 3.8) is 0 Å². The van der Waals surface area contributed by atoms with Gasteiger partial charge in [-0.05, 0) is 48.9 Å². The lowest BCUT2D eigenvalue weighted by Gasteiger charge is -2.44. The van der Waals surface area contributed by atoms with Crippen LogP contribution in [0.5, 0.6) is 5.75 Å². The summed E-state index contributed by atoms with van der Waals surface area (Å²) in [5.74, 6) is 1.09. The van der Waals surface area contributed by atoms with Gasteiger partial charge >= 0.3 is 0 Å². The van der Waals surface area contributed by atoms with Crippen molar-refractivity contribution < 1.29 is 14.3 Å². The number of ether oxygens (including phenoxy) is 1. The van der Waals surface area contributed by atoms with Gasteiger partial charge in [-0.25, -0.2) is 0 Å². The highest BCUT2D eigenvalue weighted by molar-refractivity contribution is 6.06. The Balaban J connectivity index is 1.36. The van der Waals surface area contributed by atoms with Gasteiger partial charge in [0, 0.05) is 13.1 Å². The normalized spacial score (nSPS) is 18.2. The molecule has 6 nitrogen and oxygen atoms in total. The van der Waals surface area contributed by atoms with Crippen LogP contribution >= 0.6 is 0 Å². The van der Waals surface area contributed by atoms with Crippen molar-refractivity contribution in [2.45, 2.75) is 44.6 Å². The Kier molecular flexibility index (Phi) is 5.66. The fourth-order valence-corrected chi connectivity index (χ4v) is 4.22. The first kappa shape index (κ1) is 20.3. The van der Waals surface area contributed by atoms with Crippen LogP contribution < -0.4 is 15.4 Å². The van der Waals surface area contributed by atoms with Crippen molar-refractivity contribution in [1.82, 2.24) is 4.90 Å². The fraction of sp³-hybridized carbons (Fsp3) is 0.417. The Hall–Kier alpha value is -3.02. The smallest absolute Gasteiger partial charge is 0.260 e. The summed E-state index contributed by atoms with van der Waals surface area (Å²) in [6.07, 6.45) is 2.16. The molecule has 158 valence electrons. The summed E-state index contributed by atoms with van der Waals surface area (Å²) >= 11 is 0. The fourth-order valence-electron chi connectivity index (χ4n) is 4.22. The molecule has 0 aromatic heterocycles. The van der Waals surface area contributed by atoms with Crippen molar-refractivity contribution >= 4 is 23.2 Å². The number of hydrogen-bond acceptors (Lipinski definition) is 4. The van der Waals surface area contributed by atoms with Crippen molar-refractivity contribution in [3.05, 3.63) is 54.1 Å². The molecule has 1 atom stereocenters. The Morgan fingerprint density at radius 1 is 1.10 bits per heavy atom. The number of carbonyl (C=O) groups is 2. The number of piperidine rings is 1. The molecular formula is C24H29N3O3. The van der Waals surface area contributed by atoms with E-state index in [4.69, 9.17) is 4.74 Å². The molecular weight excluding hydrogens is 378 g/mol. The SMILES string of the molecule is CC[C@H](C)c1ccccc1OCC(=O)N1CCC2(CC1)Nc1ccccc1NC2=O. The topological polar surface area (TPSA) is 70.7 Å². The number of hydrogen-bond donors (Lipinski definition) is 2. The quantitative estimate of drug-likeness (QED) is 0.786. The Labute approximate surface area is 177 Å². The van der Waals surface area contributed by atoms with E-state index >= 15 is 0 Å². The van der Waals surface area contributed by atoms with Crippen molar-refractivity contribution in [1.29, 1.82) is 0 Å². The summed E-state index contributed by atoms with van der Waals surface area (Å²) in [5, 5.41) is 6.43. The maximum atomic E-state index is 12.8. The molecule has 2 aliphatic heterocycles. The van der Waals surface area contributed by atoms with Crippen LogP contribution in [-0.4, -0.2) is 41.9 Å². The molecule has 2 aromatic carbocycles. The third-order valence-electron chi connectivity index (χ3n) is 6.37. The number of rotatable bonds is 5. The van der Waals surface area contributed by atoms with Gasteiger partial charge in [-0.15, -0.1) is 0 Å². The number of amides is 2. The van der Waals surface area contributed by atoms with E-state index in [2.05, 4.69) is 30.5 Å². The van der Waals surface area contributed by atoms with E-state index in [1.54, 1.807) is 4.90 Å². The largest absolute Gasteiger partial charge is 0.483 e. The lowest BCUT2D eigenvalue weighted by Crippen LogP contribution is -2.59. The maximum Gasteiger partial charge on any atom is 0.260 e. The average Bonchev–Trinajstić information content (AvgIpc) is 2.78. The van der Waals surface area contributed by atoms with Crippen LogP contribution in [-0.2, 0) is 9.59 Å². The van der Waals surface area contributed by atoms with E-state index in [-0.39, 0.29) is 18.4 Å². The zero-order chi connectivity index (χ0) is 21.1. The molecule has 1 fully saturated rings. The minimum Gasteiger partial charge on any atom is -0.483 e. The van der Waals surface area contributed by atoms with Gasteiger partial charge in [-0.1, -0.05) is 44.2 Å². The first-order valence-corrected chi connectivity index (χ1v) is 10.7. The van der Waals surface area contributed by atoms with Crippen LogP contribution in [0.25, 0.3) is 0 Å². The van der Waals surface area contributed by atoms with Crippen LogP contribution in [0, 0.1) is 0 Å². The highest BCUT2D eigenvalue weighted by Gasteiger charge is 2.45. The monoisotopic (exact) mass is 407 g/mol. The highest BCUT2D eigenvalue weighted by atomic mass is 16.5. The summed E-state index contributed by atoms with van der Waals surface area (Å²) in [7, 11) is 0. The standard InChI is InChI=1S/C24H29N3O3/c1-3-17(2)18-8-4-7-11-21(18)30-16-22(28)27-14-12-24(13-15-27)23(29)25-19-9-5-6-10-20(19)26-24/h4-11,17,26H,3,12-16H2,1-2H3,(H,25,29)/t17-/m0/s1. The third kappa shape index (κ3) is 3.86. The molecule has 0 radical (unpaired) electrons. The molecule has 2 aromatic rings. The number of nitrogens with one attached hydrogen (secondary N) is 2. The number of likely N-dealkylation sites (tertiary alicyclic amines) is 1. The number of fused-ring (bicyclic) bond motifs is 1. The summed E-state index contributed by atoms with van der Waals surface area (Å²) in [5.41, 5.74) is 2.21. The average molecular weight is 408 g/mol. The summed E-state index contributed by atoms with van der Waals surface area (Å²) < 4.78 is 5.89. The van der Waals surface area contributed by atoms with E-state index in [1.165, 1.54) is 0 Å². The van der Waals surface area contributed by atoms with Crippen molar-refractivity contribution in [3.8, 4) is 5.75 Å². The molecule has 30 heavy (non-hydrogen) atoms. The molecule has 6 heteroatoms. The van der Waals surface area contributed by atoms with Gasteiger partial charge in [0.05, 0.1) is 11.4 Å². The predicted molar refractivity (Wildman–Crippen MR) is 118 cm³/mol. The second-order valence-corrected chi connectivity index (χ2v) is 8.22. The minimum absolute atomic E-state index is 0.0168. The van der Waals surface area contributed by atoms with E-state index in [9.17, 15) is 9.59 Å². The molecule has 0 aliphatic carbocycles. The lowest BCUT2D eigenvalue weighted by atomic mass is 9.84. The van der Waals surface area contributed by atoms with Crippen LogP contribution in [0.3, 0.4) is 0 Å². The first-order valence-electron chi connectivity index (χ1n) is 10.7. The number of anilines is 2. The molecule has 0 bridgehead atoms. The second kappa shape index (κ2) is 8.38. The summed E-state index contributed by atoms with van der Waals surface area (Å²) in [4.78, 5) is 27.3. The number of benzene rings is 2. The van der Waals surface area contributed by atoms with E-state index in [1.807, 2.05) is 42.5 Å². The van der Waals surface area contributed by atoms with Crippen molar-refractivity contribution in [2.24, 2.45) is 0 Å². The highest BCUT2D eigenvalue weighted by Crippen LogP contribution is 2.36. The molecule has 2 N–H and O–H groups in total. The van der Waals surface area contributed by atoms with Crippen LogP contribution in [0.2, 0.25) is 0 Å². The molecule has 0 unspecified atom stereocenters. The zero-order valence-electron chi connectivity index (χ0n) is 17.6. The number of nitrogens with zero attached hydrogens (tertiary/aromatic N) is 1. The van der Waals surface area contributed by atoms with Gasteiger partial charge in [0.25, 0.3) is 5.91 Å². The van der Waals surface area contributed by atoms with Gasteiger partial charge < -0.3 is 20.3 Å². The van der Waals surface area contributed by atoms with E-state index in [0.29, 0.717) is 31.8 Å². The molecule has 1 spiro atoms. The van der Waals surface area contributed by atoms with Gasteiger partial charge in [-0.3, -0.25) is 9.59 Å². The number of para-hydroxylation sites is 3. The summed E-state index contributed by atoms with van der Waals surface area (Å²) in [6, 6.07) is 15.6. The van der Waals surface area contributed by atoms with E-state index < -0.39 is 5.54 Å². The van der Waals surface area contributed by atoms with Crippen LogP contribution in [0.1, 0.15) is 44.6 Å². The first-order chi connectivity index (χ1) is 14.5. The van der Waals surface area contributed by atoms with Crippen molar-refractivity contribution in [2.75, 3.05) is 30.3 Å². The molecule has 2 amide bonds. The maximum absolute atomic E-state index is 12.8. The van der Waals surface area contributed by atoms with Gasteiger partial charge in [0.2, 0.25) is 5.91 Å².